The molecule has 210 valence electrons. The maximum absolute atomic E-state index is 13.4. The van der Waals surface area contributed by atoms with Crippen molar-refractivity contribution in [2.75, 3.05) is 10.6 Å². The Hall–Kier alpha value is -4.60. The number of nitrogens with one attached hydrogen (secondary N) is 4. The van der Waals surface area contributed by atoms with Gasteiger partial charge in [0.15, 0.2) is 0 Å². The third-order valence-corrected chi connectivity index (χ3v) is 7.81. The summed E-state index contributed by atoms with van der Waals surface area (Å²) in [5, 5.41) is 9.22. The predicted octanol–water partition coefficient (Wildman–Crippen LogP) is 6.72. The number of para-hydroxylation sites is 1. The maximum atomic E-state index is 13.4. The van der Waals surface area contributed by atoms with Gasteiger partial charge >= 0.3 is 0 Å². The van der Waals surface area contributed by atoms with Gasteiger partial charge in [0.2, 0.25) is 12.3 Å². The van der Waals surface area contributed by atoms with Gasteiger partial charge in [-0.1, -0.05) is 36.8 Å². The Kier molecular flexibility index (Phi) is 7.21. The minimum atomic E-state index is -2.74. The maximum Gasteiger partial charge on any atom is 0.255 e. The number of aromatic amines is 1. The lowest BCUT2D eigenvalue weighted by molar-refractivity contribution is -0.118. The number of carbonyl (C=O) groups excluding carboxylic acids is 2. The van der Waals surface area contributed by atoms with Crippen molar-refractivity contribution in [1.82, 2.24) is 15.3 Å². The molecule has 4 aromatic rings. The monoisotopic (exact) mass is 559 g/mol. The second kappa shape index (κ2) is 11.1. The summed E-state index contributed by atoms with van der Waals surface area (Å²) < 4.78 is 40.2. The van der Waals surface area contributed by atoms with E-state index < -0.39 is 30.5 Å². The van der Waals surface area contributed by atoms with E-state index in [1.54, 1.807) is 12.1 Å². The van der Waals surface area contributed by atoms with E-state index in [1.165, 1.54) is 18.3 Å². The van der Waals surface area contributed by atoms with E-state index in [1.807, 2.05) is 30.3 Å². The first-order valence-electron chi connectivity index (χ1n) is 13.6. The second-order valence-corrected chi connectivity index (χ2v) is 10.4. The van der Waals surface area contributed by atoms with Crippen molar-refractivity contribution < 1.29 is 22.8 Å². The van der Waals surface area contributed by atoms with Gasteiger partial charge in [0.1, 0.15) is 11.6 Å². The minimum Gasteiger partial charge on any atom is -0.356 e. The van der Waals surface area contributed by atoms with E-state index in [0.717, 1.165) is 42.8 Å². The Labute approximate surface area is 234 Å². The normalized spacial score (nSPS) is 18.4. The van der Waals surface area contributed by atoms with Crippen LogP contribution in [0.1, 0.15) is 59.1 Å². The van der Waals surface area contributed by atoms with Crippen LogP contribution in [0.15, 0.2) is 72.9 Å². The highest BCUT2D eigenvalue weighted by atomic mass is 19.3. The van der Waals surface area contributed by atoms with Crippen LogP contribution in [0.3, 0.4) is 0 Å². The number of carbonyl (C=O) groups is 2. The number of anilines is 3. The smallest absolute Gasteiger partial charge is 0.255 e. The summed E-state index contributed by atoms with van der Waals surface area (Å²) >= 11 is 0. The van der Waals surface area contributed by atoms with E-state index >= 15 is 0 Å². The van der Waals surface area contributed by atoms with Crippen LogP contribution in [-0.4, -0.2) is 34.2 Å². The van der Waals surface area contributed by atoms with Crippen molar-refractivity contribution in [1.29, 1.82) is 0 Å². The highest BCUT2D eigenvalue weighted by molar-refractivity contribution is 6.07. The fourth-order valence-corrected chi connectivity index (χ4v) is 5.89. The summed E-state index contributed by atoms with van der Waals surface area (Å²) in [6.45, 7) is 0. The fourth-order valence-electron chi connectivity index (χ4n) is 5.89. The Morgan fingerprint density at radius 3 is 2.59 bits per heavy atom. The van der Waals surface area contributed by atoms with Crippen molar-refractivity contribution in [3.8, 4) is 11.3 Å². The van der Waals surface area contributed by atoms with Crippen LogP contribution in [0.25, 0.3) is 11.3 Å². The molecule has 1 saturated carbocycles. The van der Waals surface area contributed by atoms with E-state index in [-0.39, 0.29) is 29.2 Å². The van der Waals surface area contributed by atoms with Crippen LogP contribution in [0, 0.1) is 5.82 Å². The molecule has 1 fully saturated rings. The van der Waals surface area contributed by atoms with Crippen LogP contribution >= 0.6 is 0 Å². The van der Waals surface area contributed by atoms with Crippen molar-refractivity contribution in [3.05, 3.63) is 95.6 Å². The predicted molar refractivity (Wildman–Crippen MR) is 150 cm³/mol. The molecule has 6 rings (SSSR count). The molecule has 2 amide bonds. The fraction of sp³-hybridized carbons (Fsp3) is 0.258. The van der Waals surface area contributed by atoms with Crippen LogP contribution in [0.2, 0.25) is 0 Å². The molecule has 10 heteroatoms. The summed E-state index contributed by atoms with van der Waals surface area (Å²) in [5.41, 5.74) is 4.43. The van der Waals surface area contributed by atoms with Gasteiger partial charge in [0.25, 0.3) is 5.91 Å². The number of pyridine rings is 1. The molecule has 41 heavy (non-hydrogen) atoms. The standard InChI is InChI=1S/C31H28F3N5O2/c32-19-11-9-17(10-12-19)22(16-24(33)34)30(40)38-25-15-18(13-14-35-25)27-29(36-20-5-2-1-3-6-20)26-28(39-27)21-7-4-8-23(21)37-31(26)41/h1-3,5-6,9-15,21-24,36,39H,4,7-8,16H2,(H,37,41)(H,35,38,40)/t21-,22-,23+/m0/s1. The topological polar surface area (TPSA) is 98.9 Å². The number of amides is 2. The van der Waals surface area contributed by atoms with Gasteiger partial charge in [-0.15, -0.1) is 0 Å². The molecule has 3 heterocycles. The van der Waals surface area contributed by atoms with Crippen LogP contribution in [-0.2, 0) is 4.79 Å². The van der Waals surface area contributed by atoms with Gasteiger partial charge in [0.05, 0.1) is 22.9 Å². The molecule has 1 aliphatic carbocycles. The van der Waals surface area contributed by atoms with Gasteiger partial charge in [-0.05, 0) is 54.8 Å². The molecule has 2 aromatic carbocycles. The van der Waals surface area contributed by atoms with Crippen molar-refractivity contribution in [3.63, 3.8) is 0 Å². The summed E-state index contributed by atoms with van der Waals surface area (Å²) in [4.78, 5) is 34.2. The number of benzene rings is 2. The molecule has 0 spiro atoms. The Balaban J connectivity index is 1.35. The van der Waals surface area contributed by atoms with E-state index in [4.69, 9.17) is 0 Å². The number of hydrogen-bond donors (Lipinski definition) is 4. The number of hydrogen-bond acceptors (Lipinski definition) is 4. The molecule has 0 radical (unpaired) electrons. The average Bonchev–Trinajstić information content (AvgIpc) is 3.58. The van der Waals surface area contributed by atoms with Crippen LogP contribution in [0.5, 0.6) is 0 Å². The van der Waals surface area contributed by atoms with Gasteiger partial charge in [0, 0.05) is 41.5 Å². The zero-order chi connectivity index (χ0) is 28.5. The van der Waals surface area contributed by atoms with E-state index in [9.17, 15) is 22.8 Å². The number of nitrogens with zero attached hydrogens (tertiary/aromatic N) is 1. The number of halogens is 3. The molecule has 2 aromatic heterocycles. The van der Waals surface area contributed by atoms with Gasteiger partial charge in [-0.3, -0.25) is 9.59 Å². The van der Waals surface area contributed by atoms with Crippen LogP contribution < -0.4 is 16.0 Å². The Bertz CT molecular complexity index is 1570. The number of H-pyrrole nitrogens is 1. The van der Waals surface area contributed by atoms with Crippen molar-refractivity contribution in [2.45, 2.75) is 50.0 Å². The lowest BCUT2D eigenvalue weighted by Gasteiger charge is -2.27. The lowest BCUT2D eigenvalue weighted by atomic mass is 9.91. The largest absolute Gasteiger partial charge is 0.356 e. The molecular weight excluding hydrogens is 531 g/mol. The number of alkyl halides is 2. The molecule has 7 nitrogen and oxygen atoms in total. The zero-order valence-corrected chi connectivity index (χ0v) is 22.0. The summed E-state index contributed by atoms with van der Waals surface area (Å²) in [7, 11) is 0. The summed E-state index contributed by atoms with van der Waals surface area (Å²) in [5.74, 6) is -2.22. The molecule has 2 aliphatic rings. The van der Waals surface area contributed by atoms with Crippen molar-refractivity contribution >= 4 is 29.0 Å². The first-order chi connectivity index (χ1) is 19.9. The molecule has 1 aliphatic heterocycles. The van der Waals surface area contributed by atoms with Gasteiger partial charge < -0.3 is 20.9 Å². The number of aromatic nitrogens is 2. The highest BCUT2D eigenvalue weighted by Crippen LogP contribution is 2.45. The van der Waals surface area contributed by atoms with Crippen LogP contribution in [0.4, 0.5) is 30.4 Å². The SMILES string of the molecule is O=C1N[C@@H]2CCC[C@@H]2c2[nH]c(-c3ccnc(NC(=O)[C@@H](CC(F)F)c4ccc(F)cc4)c3)c(Nc3ccccc3)c21. The van der Waals surface area contributed by atoms with Gasteiger partial charge in [-0.25, -0.2) is 18.2 Å². The molecule has 0 bridgehead atoms. The Morgan fingerprint density at radius 2 is 1.83 bits per heavy atom. The van der Waals surface area contributed by atoms with Gasteiger partial charge in [-0.2, -0.15) is 0 Å². The number of rotatable bonds is 8. The Morgan fingerprint density at radius 1 is 1.05 bits per heavy atom. The minimum absolute atomic E-state index is 0.0802. The van der Waals surface area contributed by atoms with E-state index in [2.05, 4.69) is 25.9 Å². The average molecular weight is 560 g/mol. The third-order valence-electron chi connectivity index (χ3n) is 7.81. The number of fused-ring (bicyclic) bond motifs is 3. The zero-order valence-electron chi connectivity index (χ0n) is 22.0. The molecule has 0 unspecified atom stereocenters. The van der Waals surface area contributed by atoms with E-state index in [0.29, 0.717) is 22.5 Å². The molecular formula is C31H28F3N5O2. The first-order valence-corrected chi connectivity index (χ1v) is 13.6. The highest BCUT2D eigenvalue weighted by Gasteiger charge is 2.40. The summed E-state index contributed by atoms with van der Waals surface area (Å²) in [6, 6.07) is 17.9. The molecule has 4 N–H and O–H groups in total. The third kappa shape index (κ3) is 5.41. The first kappa shape index (κ1) is 26.6. The second-order valence-electron chi connectivity index (χ2n) is 10.4. The van der Waals surface area contributed by atoms with Crippen molar-refractivity contribution in [2.24, 2.45) is 0 Å². The molecule has 0 saturated heterocycles. The molecule has 3 atom stereocenters. The quantitative estimate of drug-likeness (QED) is 0.193. The lowest BCUT2D eigenvalue weighted by Crippen LogP contribution is -2.41. The summed E-state index contributed by atoms with van der Waals surface area (Å²) in [6.07, 6.45) is 0.945.